The van der Waals surface area contributed by atoms with Gasteiger partial charge in [0.1, 0.15) is 11.6 Å². The molecule has 0 bridgehead atoms. The monoisotopic (exact) mass is 436 g/mol. The van der Waals surface area contributed by atoms with Crippen LogP contribution in [0, 0.1) is 18.3 Å². The molecule has 3 rings (SSSR count). The van der Waals surface area contributed by atoms with Crippen LogP contribution in [-0.2, 0) is 0 Å². The molecular formula is C21H17BrN4O2. The number of nitrogens with zero attached hydrogens (tertiary/aromatic N) is 4. The van der Waals surface area contributed by atoms with E-state index in [1.165, 1.54) is 4.57 Å². The van der Waals surface area contributed by atoms with E-state index < -0.39 is 11.6 Å². The number of hydrogen-bond acceptors (Lipinski definition) is 5. The highest BCUT2D eigenvalue weighted by atomic mass is 79.9. The number of aromatic nitrogens is 1. The van der Waals surface area contributed by atoms with Gasteiger partial charge in [0.05, 0.1) is 11.7 Å². The molecule has 6 nitrogen and oxygen atoms in total. The van der Waals surface area contributed by atoms with Gasteiger partial charge in [0.15, 0.2) is 5.69 Å². The van der Waals surface area contributed by atoms with Crippen LogP contribution in [0.25, 0.3) is 0 Å². The molecule has 140 valence electrons. The van der Waals surface area contributed by atoms with E-state index in [-0.39, 0.29) is 17.1 Å². The molecule has 1 N–H and O–H groups in total. The second-order valence-corrected chi connectivity index (χ2v) is 7.14. The molecule has 0 radical (unpaired) electrons. The van der Waals surface area contributed by atoms with Gasteiger partial charge in [-0.3, -0.25) is 9.36 Å². The number of benzene rings is 2. The third-order valence-corrected chi connectivity index (χ3v) is 5.01. The minimum atomic E-state index is -0.508. The van der Waals surface area contributed by atoms with Gasteiger partial charge in [-0.15, -0.1) is 5.11 Å². The summed E-state index contributed by atoms with van der Waals surface area (Å²) in [5.41, 5.74) is 1.21. The van der Waals surface area contributed by atoms with Crippen LogP contribution in [-0.4, -0.2) is 9.67 Å². The Kier molecular flexibility index (Phi) is 5.71. The first-order valence-corrected chi connectivity index (χ1v) is 9.33. The van der Waals surface area contributed by atoms with E-state index in [2.05, 4.69) is 26.2 Å². The lowest BCUT2D eigenvalue weighted by Crippen LogP contribution is -2.25. The zero-order valence-electron chi connectivity index (χ0n) is 15.3. The Morgan fingerprint density at radius 3 is 2.36 bits per heavy atom. The highest BCUT2D eigenvalue weighted by Gasteiger charge is 2.23. The lowest BCUT2D eigenvalue weighted by atomic mass is 10.1. The third kappa shape index (κ3) is 3.73. The average Bonchev–Trinajstić information content (AvgIpc) is 2.70. The maximum atomic E-state index is 13.1. The summed E-state index contributed by atoms with van der Waals surface area (Å²) in [5.74, 6) is -0.371. The minimum Gasteiger partial charge on any atom is -0.493 e. The van der Waals surface area contributed by atoms with Crippen molar-refractivity contribution in [3.05, 3.63) is 86.1 Å². The first-order valence-electron chi connectivity index (χ1n) is 8.54. The van der Waals surface area contributed by atoms with Crippen molar-refractivity contribution in [1.82, 2.24) is 4.57 Å². The van der Waals surface area contributed by atoms with Crippen LogP contribution < -0.4 is 5.56 Å². The van der Waals surface area contributed by atoms with Crippen molar-refractivity contribution < 1.29 is 5.11 Å². The summed E-state index contributed by atoms with van der Waals surface area (Å²) in [6.45, 7) is 3.36. The molecule has 7 heteroatoms. The van der Waals surface area contributed by atoms with Crippen molar-refractivity contribution >= 4 is 27.3 Å². The number of aromatic hydroxyl groups is 1. The lowest BCUT2D eigenvalue weighted by molar-refractivity contribution is 0.393. The van der Waals surface area contributed by atoms with Crippen LogP contribution in [0.2, 0.25) is 0 Å². The summed E-state index contributed by atoms with van der Waals surface area (Å²) in [6, 6.07) is 17.9. The lowest BCUT2D eigenvalue weighted by Gasteiger charge is -2.19. The molecule has 1 atom stereocenters. The Morgan fingerprint density at radius 1 is 1.11 bits per heavy atom. The Morgan fingerprint density at radius 2 is 1.75 bits per heavy atom. The number of rotatable bonds is 4. The Balaban J connectivity index is 2.17. The minimum absolute atomic E-state index is 0.00661. The highest BCUT2D eigenvalue weighted by Crippen LogP contribution is 2.30. The summed E-state index contributed by atoms with van der Waals surface area (Å²) in [5, 5.41) is 28.3. The van der Waals surface area contributed by atoms with E-state index in [9.17, 15) is 15.2 Å². The zero-order chi connectivity index (χ0) is 20.3. The van der Waals surface area contributed by atoms with Gasteiger partial charge in [-0.25, -0.2) is 0 Å². The van der Waals surface area contributed by atoms with Crippen molar-refractivity contribution in [2.75, 3.05) is 0 Å². The van der Waals surface area contributed by atoms with Gasteiger partial charge in [0, 0.05) is 10.0 Å². The van der Waals surface area contributed by atoms with Crippen LogP contribution in [0.15, 0.2) is 74.1 Å². The topological polar surface area (TPSA) is 90.7 Å². The maximum Gasteiger partial charge on any atom is 0.282 e. The quantitative estimate of drug-likeness (QED) is 0.545. The Hall–Kier alpha value is -3.24. The van der Waals surface area contributed by atoms with Gasteiger partial charge >= 0.3 is 0 Å². The normalized spacial score (nSPS) is 12.1. The molecular weight excluding hydrogens is 420 g/mol. The van der Waals surface area contributed by atoms with E-state index in [1.807, 2.05) is 48.5 Å². The fraction of sp³-hybridized carbons (Fsp3) is 0.143. The van der Waals surface area contributed by atoms with Crippen molar-refractivity contribution in [2.24, 2.45) is 10.2 Å². The Bertz CT molecular complexity index is 1130. The standard InChI is InChI=1S/C21H17BrN4O2/c1-13-18(12-23)20(27)26(14(2)15-6-4-3-5-7-15)21(28)19(13)25-24-17-10-8-16(22)9-11-17/h3-11,14,27H,1-2H3. The molecule has 2 aromatic carbocycles. The number of nitriles is 1. The van der Waals surface area contributed by atoms with Gasteiger partial charge in [-0.2, -0.15) is 10.4 Å². The molecule has 0 aliphatic rings. The van der Waals surface area contributed by atoms with E-state index in [0.29, 0.717) is 11.3 Å². The maximum absolute atomic E-state index is 13.1. The van der Waals surface area contributed by atoms with Crippen molar-refractivity contribution in [3.63, 3.8) is 0 Å². The van der Waals surface area contributed by atoms with E-state index in [1.54, 1.807) is 26.0 Å². The molecule has 1 heterocycles. The average molecular weight is 437 g/mol. The van der Waals surface area contributed by atoms with Crippen LogP contribution in [0.4, 0.5) is 11.4 Å². The first kappa shape index (κ1) is 19.5. The van der Waals surface area contributed by atoms with Crippen LogP contribution >= 0.6 is 15.9 Å². The number of azo groups is 1. The van der Waals surface area contributed by atoms with Gasteiger partial charge in [-0.1, -0.05) is 46.3 Å². The summed E-state index contributed by atoms with van der Waals surface area (Å²) < 4.78 is 2.08. The molecule has 28 heavy (non-hydrogen) atoms. The molecule has 0 aliphatic carbocycles. The van der Waals surface area contributed by atoms with Gasteiger partial charge in [0.25, 0.3) is 5.56 Å². The fourth-order valence-corrected chi connectivity index (χ4v) is 3.15. The molecule has 0 spiro atoms. The van der Waals surface area contributed by atoms with E-state index >= 15 is 0 Å². The second-order valence-electron chi connectivity index (χ2n) is 6.22. The summed E-state index contributed by atoms with van der Waals surface area (Å²) >= 11 is 3.35. The SMILES string of the molecule is Cc1c(C#N)c(O)n(C(C)c2ccccc2)c(=O)c1N=Nc1ccc(Br)cc1. The molecule has 1 aromatic heterocycles. The predicted octanol–water partition coefficient (Wildman–Crippen LogP) is 5.52. The van der Waals surface area contributed by atoms with Crippen LogP contribution in [0.3, 0.4) is 0 Å². The van der Waals surface area contributed by atoms with Gasteiger partial charge in [0.2, 0.25) is 5.88 Å². The highest BCUT2D eigenvalue weighted by molar-refractivity contribution is 9.10. The first-order chi connectivity index (χ1) is 13.4. The van der Waals surface area contributed by atoms with Crippen molar-refractivity contribution in [3.8, 4) is 11.9 Å². The number of halogens is 1. The molecule has 1 unspecified atom stereocenters. The van der Waals surface area contributed by atoms with Crippen molar-refractivity contribution in [2.45, 2.75) is 19.9 Å². The molecule has 3 aromatic rings. The number of hydrogen-bond donors (Lipinski definition) is 1. The Labute approximate surface area is 170 Å². The fourth-order valence-electron chi connectivity index (χ4n) is 2.88. The zero-order valence-corrected chi connectivity index (χ0v) is 16.9. The van der Waals surface area contributed by atoms with Crippen LogP contribution in [0.1, 0.15) is 29.7 Å². The van der Waals surface area contributed by atoms with Gasteiger partial charge < -0.3 is 5.11 Å². The summed E-state index contributed by atoms with van der Waals surface area (Å²) in [4.78, 5) is 13.1. The molecule has 0 saturated heterocycles. The van der Waals surface area contributed by atoms with Crippen LogP contribution in [0.5, 0.6) is 5.88 Å². The van der Waals surface area contributed by atoms with E-state index in [4.69, 9.17) is 0 Å². The second kappa shape index (κ2) is 8.19. The number of pyridine rings is 1. The summed E-state index contributed by atoms with van der Waals surface area (Å²) in [6.07, 6.45) is 0. The largest absolute Gasteiger partial charge is 0.493 e. The third-order valence-electron chi connectivity index (χ3n) is 4.48. The molecule has 0 fully saturated rings. The molecule has 0 aliphatic heterocycles. The van der Waals surface area contributed by atoms with Crippen molar-refractivity contribution in [1.29, 1.82) is 5.26 Å². The smallest absolute Gasteiger partial charge is 0.282 e. The van der Waals surface area contributed by atoms with Gasteiger partial charge in [-0.05, 0) is 43.7 Å². The molecule has 0 saturated carbocycles. The van der Waals surface area contributed by atoms with E-state index in [0.717, 1.165) is 10.0 Å². The predicted molar refractivity (Wildman–Crippen MR) is 110 cm³/mol. The molecule has 0 amide bonds. The summed E-state index contributed by atoms with van der Waals surface area (Å²) in [7, 11) is 0.